The van der Waals surface area contributed by atoms with Crippen molar-refractivity contribution < 1.29 is 37.0 Å². The number of amides is 1. The monoisotopic (exact) mass is 519 g/mol. The van der Waals surface area contributed by atoms with Gasteiger partial charge in [0.1, 0.15) is 17.3 Å². The van der Waals surface area contributed by atoms with Crippen LogP contribution < -0.4 is 9.64 Å². The van der Waals surface area contributed by atoms with Gasteiger partial charge in [0.05, 0.1) is 28.8 Å². The molecular formula is C26H18ClF4NO4. The van der Waals surface area contributed by atoms with Crippen molar-refractivity contribution in [3.05, 3.63) is 99.8 Å². The molecule has 1 N–H and O–H groups in total. The van der Waals surface area contributed by atoms with Crippen molar-refractivity contribution in [1.29, 1.82) is 0 Å². The Morgan fingerprint density at radius 3 is 2.25 bits per heavy atom. The Morgan fingerprint density at radius 2 is 1.67 bits per heavy atom. The van der Waals surface area contributed by atoms with Gasteiger partial charge in [-0.3, -0.25) is 14.5 Å². The normalized spacial score (nSPS) is 17.5. The first-order valence-corrected chi connectivity index (χ1v) is 11.1. The molecular weight excluding hydrogens is 502 g/mol. The highest BCUT2D eigenvalue weighted by Gasteiger charge is 2.47. The van der Waals surface area contributed by atoms with Crippen LogP contribution in [-0.4, -0.2) is 23.4 Å². The van der Waals surface area contributed by atoms with Crippen LogP contribution >= 0.6 is 11.6 Å². The molecule has 1 aliphatic heterocycles. The summed E-state index contributed by atoms with van der Waals surface area (Å²) in [6, 6.07) is 11.6. The second-order valence-electron chi connectivity index (χ2n) is 7.84. The average molecular weight is 520 g/mol. The van der Waals surface area contributed by atoms with Gasteiger partial charge in [0, 0.05) is 11.3 Å². The minimum Gasteiger partial charge on any atom is -0.507 e. The fourth-order valence-electron chi connectivity index (χ4n) is 3.94. The number of hydrogen-bond donors (Lipinski definition) is 1. The molecule has 0 aromatic heterocycles. The molecule has 10 heteroatoms. The van der Waals surface area contributed by atoms with Gasteiger partial charge in [0.15, 0.2) is 0 Å². The highest BCUT2D eigenvalue weighted by Crippen LogP contribution is 2.43. The Bertz CT molecular complexity index is 1350. The summed E-state index contributed by atoms with van der Waals surface area (Å²) in [5, 5.41) is 11.4. The Hall–Kier alpha value is -3.85. The molecule has 36 heavy (non-hydrogen) atoms. The van der Waals surface area contributed by atoms with E-state index in [1.807, 2.05) is 0 Å². The van der Waals surface area contributed by atoms with E-state index in [2.05, 4.69) is 0 Å². The summed E-state index contributed by atoms with van der Waals surface area (Å²) in [6.07, 6.45) is -4.60. The SMILES string of the molecule is CCOc1cc(/C(O)=C2/C(=O)C(=O)N(c3ccc(C(F)(F)F)cc3)C2c2ccc(F)cc2)ccc1Cl. The van der Waals surface area contributed by atoms with Gasteiger partial charge in [-0.15, -0.1) is 0 Å². The molecule has 1 heterocycles. The predicted octanol–water partition coefficient (Wildman–Crippen LogP) is 6.52. The van der Waals surface area contributed by atoms with E-state index in [0.29, 0.717) is 0 Å². The highest BCUT2D eigenvalue weighted by atomic mass is 35.5. The lowest BCUT2D eigenvalue weighted by molar-refractivity contribution is -0.137. The molecule has 0 radical (unpaired) electrons. The zero-order chi connectivity index (χ0) is 26.2. The summed E-state index contributed by atoms with van der Waals surface area (Å²) >= 11 is 6.11. The highest BCUT2D eigenvalue weighted by molar-refractivity contribution is 6.51. The summed E-state index contributed by atoms with van der Waals surface area (Å²) in [5.41, 5.74) is -0.886. The van der Waals surface area contributed by atoms with Gasteiger partial charge in [-0.25, -0.2) is 4.39 Å². The van der Waals surface area contributed by atoms with E-state index in [9.17, 15) is 32.3 Å². The smallest absolute Gasteiger partial charge is 0.416 e. The van der Waals surface area contributed by atoms with Crippen LogP contribution in [-0.2, 0) is 15.8 Å². The lowest BCUT2D eigenvalue weighted by Crippen LogP contribution is -2.29. The molecule has 0 saturated carbocycles. The lowest BCUT2D eigenvalue weighted by atomic mass is 9.95. The molecule has 1 fully saturated rings. The zero-order valence-electron chi connectivity index (χ0n) is 18.6. The van der Waals surface area contributed by atoms with Crippen LogP contribution in [0.25, 0.3) is 5.76 Å². The van der Waals surface area contributed by atoms with Crippen LogP contribution in [0.2, 0.25) is 5.02 Å². The van der Waals surface area contributed by atoms with Gasteiger partial charge in [-0.2, -0.15) is 13.2 Å². The number of rotatable bonds is 5. The minimum atomic E-state index is -4.60. The largest absolute Gasteiger partial charge is 0.507 e. The number of carbonyl (C=O) groups excluding carboxylic acids is 2. The molecule has 1 saturated heterocycles. The standard InChI is InChI=1S/C26H18ClF4NO4/c1-2-36-20-13-15(5-12-19(20)27)23(33)21-22(14-3-8-17(28)9-4-14)32(25(35)24(21)34)18-10-6-16(7-11-18)26(29,30)31/h3-13,22,33H,2H2,1H3/b23-21-. The molecule has 3 aromatic rings. The van der Waals surface area contributed by atoms with Crippen molar-refractivity contribution in [2.75, 3.05) is 11.5 Å². The van der Waals surface area contributed by atoms with Crippen LogP contribution in [0.1, 0.15) is 29.7 Å². The van der Waals surface area contributed by atoms with E-state index in [1.165, 1.54) is 30.3 Å². The van der Waals surface area contributed by atoms with Crippen molar-refractivity contribution in [1.82, 2.24) is 0 Å². The number of nitrogens with zero attached hydrogens (tertiary/aromatic N) is 1. The van der Waals surface area contributed by atoms with Gasteiger partial charge < -0.3 is 9.84 Å². The van der Waals surface area contributed by atoms with Gasteiger partial charge in [-0.1, -0.05) is 23.7 Å². The molecule has 186 valence electrons. The number of anilines is 1. The Morgan fingerprint density at radius 1 is 1.03 bits per heavy atom. The third kappa shape index (κ3) is 4.66. The van der Waals surface area contributed by atoms with E-state index in [4.69, 9.17) is 16.3 Å². The van der Waals surface area contributed by atoms with Crippen LogP contribution in [0.5, 0.6) is 5.75 Å². The molecule has 1 unspecified atom stereocenters. The number of hydrogen-bond acceptors (Lipinski definition) is 4. The predicted molar refractivity (Wildman–Crippen MR) is 125 cm³/mol. The van der Waals surface area contributed by atoms with E-state index in [-0.39, 0.29) is 39.8 Å². The van der Waals surface area contributed by atoms with Crippen LogP contribution in [0.4, 0.5) is 23.2 Å². The number of alkyl halides is 3. The molecule has 0 spiro atoms. The third-order valence-corrected chi connectivity index (χ3v) is 5.92. The number of aliphatic hydroxyl groups excluding tert-OH is 1. The molecule has 5 nitrogen and oxygen atoms in total. The van der Waals surface area contributed by atoms with Gasteiger partial charge in [0.2, 0.25) is 0 Å². The Kier molecular flexibility index (Phi) is 6.77. The number of carbonyl (C=O) groups is 2. The summed E-state index contributed by atoms with van der Waals surface area (Å²) in [5.74, 6) is -3.02. The van der Waals surface area contributed by atoms with Gasteiger partial charge >= 0.3 is 6.18 Å². The van der Waals surface area contributed by atoms with Gasteiger partial charge in [0.25, 0.3) is 11.7 Å². The van der Waals surface area contributed by atoms with Gasteiger partial charge in [-0.05, 0) is 67.1 Å². The maximum absolute atomic E-state index is 13.6. The number of ether oxygens (including phenoxy) is 1. The van der Waals surface area contributed by atoms with Crippen molar-refractivity contribution >= 4 is 34.7 Å². The van der Waals surface area contributed by atoms with E-state index in [1.54, 1.807) is 6.92 Å². The summed E-state index contributed by atoms with van der Waals surface area (Å²) in [7, 11) is 0. The summed E-state index contributed by atoms with van der Waals surface area (Å²) < 4.78 is 58.2. The van der Waals surface area contributed by atoms with E-state index >= 15 is 0 Å². The molecule has 1 aliphatic rings. The molecule has 1 amide bonds. The molecule has 3 aromatic carbocycles. The lowest BCUT2D eigenvalue weighted by Gasteiger charge is -2.25. The third-order valence-electron chi connectivity index (χ3n) is 5.61. The maximum Gasteiger partial charge on any atom is 0.416 e. The minimum absolute atomic E-state index is 0.00964. The Balaban J connectivity index is 1.90. The van der Waals surface area contributed by atoms with Crippen molar-refractivity contribution in [3.63, 3.8) is 0 Å². The number of benzene rings is 3. The van der Waals surface area contributed by atoms with Crippen molar-refractivity contribution in [2.24, 2.45) is 0 Å². The topological polar surface area (TPSA) is 66.8 Å². The Labute approximate surface area is 208 Å². The second-order valence-corrected chi connectivity index (χ2v) is 8.25. The van der Waals surface area contributed by atoms with Crippen LogP contribution in [0.15, 0.2) is 72.3 Å². The first kappa shape index (κ1) is 25.2. The van der Waals surface area contributed by atoms with Crippen molar-refractivity contribution in [3.8, 4) is 5.75 Å². The first-order valence-electron chi connectivity index (χ1n) is 10.7. The average Bonchev–Trinajstić information content (AvgIpc) is 3.10. The van der Waals surface area contributed by atoms with Crippen LogP contribution in [0, 0.1) is 5.82 Å². The molecule has 1 atom stereocenters. The molecule has 4 rings (SSSR count). The molecule has 0 bridgehead atoms. The maximum atomic E-state index is 13.6. The fourth-order valence-corrected chi connectivity index (χ4v) is 4.11. The quantitative estimate of drug-likeness (QED) is 0.180. The number of ketones is 1. The summed E-state index contributed by atoms with van der Waals surface area (Å²) in [6.45, 7) is 2.00. The van der Waals surface area contributed by atoms with E-state index < -0.39 is 41.0 Å². The van der Waals surface area contributed by atoms with Crippen molar-refractivity contribution in [2.45, 2.75) is 19.1 Å². The number of Topliss-reactive ketones (excluding diaryl/α,β-unsaturated/α-hetero) is 1. The second kappa shape index (κ2) is 9.66. The fraction of sp³-hybridized carbons (Fsp3) is 0.154. The molecule has 0 aliphatic carbocycles. The number of aliphatic hydroxyl groups is 1. The first-order chi connectivity index (χ1) is 17.0. The zero-order valence-corrected chi connectivity index (χ0v) is 19.4. The number of halogens is 5. The van der Waals surface area contributed by atoms with Crippen LogP contribution in [0.3, 0.4) is 0 Å². The van der Waals surface area contributed by atoms with E-state index in [0.717, 1.165) is 41.3 Å². The summed E-state index contributed by atoms with van der Waals surface area (Å²) in [4.78, 5) is 27.2.